The fourth-order valence-electron chi connectivity index (χ4n) is 2.37. The predicted octanol–water partition coefficient (Wildman–Crippen LogP) is 3.73. The van der Waals surface area contributed by atoms with Crippen molar-refractivity contribution in [2.75, 3.05) is 11.9 Å². The number of hydrogen-bond acceptors (Lipinski definition) is 3. The first-order chi connectivity index (χ1) is 12.1. The summed E-state index contributed by atoms with van der Waals surface area (Å²) in [5.74, 6) is 0.382. The van der Waals surface area contributed by atoms with Crippen molar-refractivity contribution in [3.05, 3.63) is 85.0 Å². The molecule has 1 aromatic heterocycles. The van der Waals surface area contributed by atoms with Crippen molar-refractivity contribution < 1.29 is 9.53 Å². The summed E-state index contributed by atoms with van der Waals surface area (Å²) in [6.07, 6.45) is 5.16. The van der Waals surface area contributed by atoms with Gasteiger partial charge in [0.2, 0.25) is 0 Å². The monoisotopic (exact) mass is 333 g/mol. The Morgan fingerprint density at radius 1 is 1.20 bits per heavy atom. The normalized spacial score (nSPS) is 10.3. The summed E-state index contributed by atoms with van der Waals surface area (Å²) in [6.45, 7) is 5.99. The minimum Gasteiger partial charge on any atom is -0.483 e. The van der Waals surface area contributed by atoms with Crippen LogP contribution in [-0.4, -0.2) is 22.1 Å². The molecule has 1 amide bonds. The van der Waals surface area contributed by atoms with E-state index in [0.29, 0.717) is 5.75 Å². The highest BCUT2D eigenvalue weighted by Crippen LogP contribution is 2.25. The smallest absolute Gasteiger partial charge is 0.262 e. The number of carbonyl (C=O) groups excluding carboxylic acids is 1. The van der Waals surface area contributed by atoms with Gasteiger partial charge in [0, 0.05) is 23.6 Å². The van der Waals surface area contributed by atoms with Gasteiger partial charge in [0.05, 0.1) is 12.0 Å². The van der Waals surface area contributed by atoms with Gasteiger partial charge >= 0.3 is 0 Å². The maximum atomic E-state index is 12.1. The lowest BCUT2D eigenvalue weighted by molar-refractivity contribution is -0.118. The number of aromatic nitrogens is 2. The molecule has 5 nitrogen and oxygen atoms in total. The van der Waals surface area contributed by atoms with Crippen LogP contribution in [0.25, 0.3) is 5.70 Å². The molecule has 3 aromatic rings. The van der Waals surface area contributed by atoms with Gasteiger partial charge in [-0.3, -0.25) is 4.79 Å². The molecule has 1 heterocycles. The van der Waals surface area contributed by atoms with Crippen molar-refractivity contribution in [1.29, 1.82) is 0 Å². The van der Waals surface area contributed by atoms with Gasteiger partial charge in [-0.15, -0.1) is 0 Å². The molecular weight excluding hydrogens is 314 g/mol. The molecule has 0 spiro atoms. The molecule has 1 N–H and O–H groups in total. The highest BCUT2D eigenvalue weighted by Gasteiger charge is 2.10. The first-order valence-corrected chi connectivity index (χ1v) is 7.89. The quantitative estimate of drug-likeness (QED) is 0.748. The van der Waals surface area contributed by atoms with Crippen molar-refractivity contribution in [3.63, 3.8) is 0 Å². The van der Waals surface area contributed by atoms with Crippen LogP contribution in [0.2, 0.25) is 0 Å². The van der Waals surface area contributed by atoms with E-state index in [4.69, 9.17) is 4.74 Å². The summed E-state index contributed by atoms with van der Waals surface area (Å²) in [5, 5.41) is 2.81. The van der Waals surface area contributed by atoms with Gasteiger partial charge in [-0.25, -0.2) is 4.98 Å². The molecule has 0 atom stereocenters. The van der Waals surface area contributed by atoms with Gasteiger partial charge in [0.15, 0.2) is 6.61 Å². The maximum absolute atomic E-state index is 12.1. The minimum atomic E-state index is -0.216. The second kappa shape index (κ2) is 7.49. The van der Waals surface area contributed by atoms with Crippen molar-refractivity contribution in [1.82, 2.24) is 9.55 Å². The van der Waals surface area contributed by atoms with Gasteiger partial charge in [0.1, 0.15) is 5.75 Å². The van der Waals surface area contributed by atoms with Gasteiger partial charge in [-0.1, -0.05) is 36.4 Å². The number of anilines is 1. The molecule has 3 rings (SSSR count). The summed E-state index contributed by atoms with van der Waals surface area (Å²) >= 11 is 0. The van der Waals surface area contributed by atoms with Crippen LogP contribution in [0.5, 0.6) is 5.75 Å². The van der Waals surface area contributed by atoms with Gasteiger partial charge < -0.3 is 14.6 Å². The Morgan fingerprint density at radius 3 is 2.68 bits per heavy atom. The van der Waals surface area contributed by atoms with Crippen LogP contribution in [0.3, 0.4) is 0 Å². The number of carbonyl (C=O) groups is 1. The molecule has 25 heavy (non-hydrogen) atoms. The Morgan fingerprint density at radius 2 is 1.96 bits per heavy atom. The summed E-state index contributed by atoms with van der Waals surface area (Å²) < 4.78 is 7.51. The fourth-order valence-corrected chi connectivity index (χ4v) is 2.37. The van der Waals surface area contributed by atoms with Crippen molar-refractivity contribution in [2.45, 2.75) is 6.92 Å². The highest BCUT2D eigenvalue weighted by molar-refractivity contribution is 5.92. The molecule has 0 fully saturated rings. The standard InChI is InChI=1S/C20H19N3O2/c1-15-7-9-17(10-8-15)22-20(24)13-25-19-6-4-3-5-18(19)16(2)23-12-11-21-14-23/h3-12,14H,2,13H2,1H3,(H,22,24). The van der Waals surface area contributed by atoms with E-state index in [1.54, 1.807) is 17.1 Å². The second-order valence-corrected chi connectivity index (χ2v) is 5.62. The number of nitrogens with one attached hydrogen (secondary N) is 1. The van der Waals surface area contributed by atoms with Crippen molar-refractivity contribution in [2.24, 2.45) is 0 Å². The van der Waals surface area contributed by atoms with Crippen LogP contribution < -0.4 is 10.1 Å². The third-order valence-electron chi connectivity index (χ3n) is 3.71. The zero-order valence-electron chi connectivity index (χ0n) is 14.0. The molecule has 0 saturated heterocycles. The number of amides is 1. The van der Waals surface area contributed by atoms with E-state index in [-0.39, 0.29) is 12.5 Å². The van der Waals surface area contributed by atoms with E-state index < -0.39 is 0 Å². The lowest BCUT2D eigenvalue weighted by Gasteiger charge is -2.14. The number of benzene rings is 2. The van der Waals surface area contributed by atoms with E-state index in [1.807, 2.05) is 61.7 Å². The Kier molecular flexibility index (Phi) is 4.95. The van der Waals surface area contributed by atoms with Crippen LogP contribution in [-0.2, 0) is 4.79 Å². The number of ether oxygens (including phenoxy) is 1. The molecule has 0 aliphatic rings. The Bertz CT molecular complexity index is 868. The molecule has 0 saturated carbocycles. The van der Waals surface area contributed by atoms with E-state index in [2.05, 4.69) is 16.9 Å². The summed E-state index contributed by atoms with van der Waals surface area (Å²) in [6, 6.07) is 15.1. The first-order valence-electron chi connectivity index (χ1n) is 7.89. The average Bonchev–Trinajstić information content (AvgIpc) is 3.16. The number of imidazole rings is 1. The van der Waals surface area contributed by atoms with Crippen molar-refractivity contribution in [3.8, 4) is 5.75 Å². The zero-order valence-corrected chi connectivity index (χ0v) is 14.0. The summed E-state index contributed by atoms with van der Waals surface area (Å²) in [5.41, 5.74) is 3.42. The van der Waals surface area contributed by atoms with Crippen LogP contribution in [0.1, 0.15) is 11.1 Å². The lowest BCUT2D eigenvalue weighted by Crippen LogP contribution is -2.20. The lowest BCUT2D eigenvalue weighted by atomic mass is 10.1. The Balaban J connectivity index is 1.66. The van der Waals surface area contributed by atoms with E-state index in [1.165, 1.54) is 0 Å². The predicted molar refractivity (Wildman–Crippen MR) is 98.4 cm³/mol. The van der Waals surface area contributed by atoms with E-state index >= 15 is 0 Å². The number of hydrogen-bond donors (Lipinski definition) is 1. The van der Waals surface area contributed by atoms with Crippen LogP contribution in [0.15, 0.2) is 73.8 Å². The minimum absolute atomic E-state index is 0.0813. The number of nitrogens with zero attached hydrogens (tertiary/aromatic N) is 2. The third-order valence-corrected chi connectivity index (χ3v) is 3.71. The molecule has 0 bridgehead atoms. The maximum Gasteiger partial charge on any atom is 0.262 e. The molecule has 0 unspecified atom stereocenters. The molecule has 2 aromatic carbocycles. The highest BCUT2D eigenvalue weighted by atomic mass is 16.5. The Hall–Kier alpha value is -3.34. The largest absolute Gasteiger partial charge is 0.483 e. The summed E-state index contributed by atoms with van der Waals surface area (Å²) in [4.78, 5) is 16.1. The summed E-state index contributed by atoms with van der Waals surface area (Å²) in [7, 11) is 0. The topological polar surface area (TPSA) is 56.1 Å². The second-order valence-electron chi connectivity index (χ2n) is 5.62. The molecule has 0 aliphatic carbocycles. The van der Waals surface area contributed by atoms with E-state index in [0.717, 1.165) is 22.5 Å². The van der Waals surface area contributed by atoms with Crippen LogP contribution in [0, 0.1) is 6.92 Å². The fraction of sp³-hybridized carbons (Fsp3) is 0.100. The molecule has 126 valence electrons. The first kappa shape index (κ1) is 16.5. The SMILES string of the molecule is C=C(c1ccccc1OCC(=O)Nc1ccc(C)cc1)n1ccnc1. The zero-order chi connectivity index (χ0) is 17.6. The van der Waals surface area contributed by atoms with Gasteiger partial charge in [0.25, 0.3) is 5.91 Å². The molecular formula is C20H19N3O2. The van der Waals surface area contributed by atoms with E-state index in [9.17, 15) is 4.79 Å². The number of para-hydroxylation sites is 1. The molecule has 0 aliphatic heterocycles. The Labute approximate surface area is 146 Å². The van der Waals surface area contributed by atoms with Gasteiger partial charge in [-0.2, -0.15) is 0 Å². The third kappa shape index (κ3) is 4.14. The van der Waals surface area contributed by atoms with Crippen LogP contribution >= 0.6 is 0 Å². The number of aryl methyl sites for hydroxylation is 1. The van der Waals surface area contributed by atoms with Crippen LogP contribution in [0.4, 0.5) is 5.69 Å². The number of rotatable bonds is 6. The molecule has 5 heteroatoms. The average molecular weight is 333 g/mol. The van der Waals surface area contributed by atoms with Gasteiger partial charge in [-0.05, 0) is 31.2 Å². The van der Waals surface area contributed by atoms with Crippen molar-refractivity contribution >= 4 is 17.3 Å². The molecule has 0 radical (unpaired) electrons.